The van der Waals surface area contributed by atoms with Crippen molar-refractivity contribution in [2.24, 2.45) is 11.8 Å². The van der Waals surface area contributed by atoms with Gasteiger partial charge in [-0.05, 0) is 121 Å². The number of phenolic OH excluding ortho intramolecular Hbond substituents is 1. The summed E-state index contributed by atoms with van der Waals surface area (Å²) >= 11 is 0. The number of piperidine rings is 1. The lowest BCUT2D eigenvalue weighted by atomic mass is 9.69. The van der Waals surface area contributed by atoms with Gasteiger partial charge in [0, 0.05) is 88.4 Å². The van der Waals surface area contributed by atoms with Crippen molar-refractivity contribution in [3.8, 4) is 11.5 Å². The average Bonchev–Trinajstić information content (AvgIpc) is 3.64. The number of hydrogen-bond donors (Lipinski definition) is 2. The lowest BCUT2D eigenvalue weighted by Gasteiger charge is -2.46. The summed E-state index contributed by atoms with van der Waals surface area (Å²) in [6, 6.07) is 29.4. The number of amides is 4. The summed E-state index contributed by atoms with van der Waals surface area (Å²) in [6.45, 7) is 7.97. The fraction of sp³-hybridized carbons (Fsp3) is 0.462. The van der Waals surface area contributed by atoms with Crippen LogP contribution < -0.4 is 19.9 Å². The van der Waals surface area contributed by atoms with Gasteiger partial charge in [-0.25, -0.2) is 0 Å². The number of aryl methyl sites for hydroxylation is 1. The zero-order valence-corrected chi connectivity index (χ0v) is 36.5. The van der Waals surface area contributed by atoms with Crippen molar-refractivity contribution in [3.63, 3.8) is 0 Å². The summed E-state index contributed by atoms with van der Waals surface area (Å²) < 4.78 is 6.24. The Morgan fingerprint density at radius 3 is 2.33 bits per heavy atom. The van der Waals surface area contributed by atoms with E-state index in [0.29, 0.717) is 68.1 Å². The maximum Gasteiger partial charge on any atom is 0.255 e. The van der Waals surface area contributed by atoms with E-state index in [9.17, 15) is 24.3 Å². The lowest BCUT2D eigenvalue weighted by Crippen LogP contribution is -2.59. The van der Waals surface area contributed by atoms with Crippen LogP contribution in [0, 0.1) is 11.8 Å². The minimum absolute atomic E-state index is 0.0390. The molecule has 2 N–H and O–H groups in total. The summed E-state index contributed by atoms with van der Waals surface area (Å²) in [5, 5.41) is 12.6. The first-order chi connectivity index (χ1) is 31.2. The number of nitrogens with one attached hydrogen (secondary N) is 1. The molecule has 5 heterocycles. The van der Waals surface area contributed by atoms with Crippen LogP contribution in [0.25, 0.3) is 0 Å². The molecule has 11 rings (SSSR count). The van der Waals surface area contributed by atoms with Gasteiger partial charge in [0.2, 0.25) is 17.7 Å². The fourth-order valence-corrected chi connectivity index (χ4v) is 12.2. The third-order valence-corrected chi connectivity index (χ3v) is 15.7. The highest BCUT2D eigenvalue weighted by atomic mass is 16.5. The van der Waals surface area contributed by atoms with Crippen LogP contribution in [0.4, 0.5) is 11.4 Å². The number of nitrogens with zero attached hydrogens (tertiary/aromatic N) is 5. The molecule has 4 fully saturated rings. The highest BCUT2D eigenvalue weighted by Gasteiger charge is 2.43. The monoisotopic (exact) mass is 862 g/mol. The quantitative estimate of drug-likeness (QED) is 0.214. The van der Waals surface area contributed by atoms with E-state index in [4.69, 9.17) is 4.74 Å². The van der Waals surface area contributed by atoms with Gasteiger partial charge in [0.25, 0.3) is 5.91 Å². The molecule has 1 saturated carbocycles. The van der Waals surface area contributed by atoms with Crippen molar-refractivity contribution in [2.45, 2.75) is 81.8 Å². The summed E-state index contributed by atoms with van der Waals surface area (Å²) in [5.74, 6) is 1.72. The second-order valence-electron chi connectivity index (χ2n) is 19.3. The Hall–Kier alpha value is -5.88. The predicted octanol–water partition coefficient (Wildman–Crippen LogP) is 6.05. The minimum atomic E-state index is -0.654. The van der Waals surface area contributed by atoms with E-state index in [-0.39, 0.29) is 42.0 Å². The fourth-order valence-electron chi connectivity index (χ4n) is 12.2. The largest absolute Gasteiger partial charge is 0.508 e. The number of piperazine rings is 2. The van der Waals surface area contributed by atoms with Crippen LogP contribution in [0.15, 0.2) is 84.9 Å². The van der Waals surface area contributed by atoms with Crippen LogP contribution in [0.1, 0.15) is 95.0 Å². The van der Waals surface area contributed by atoms with Crippen molar-refractivity contribution >= 4 is 35.0 Å². The summed E-state index contributed by atoms with van der Waals surface area (Å²) in [7, 11) is 0. The number of ether oxygens (including phenoxy) is 1. The van der Waals surface area contributed by atoms with E-state index in [1.165, 1.54) is 27.9 Å². The van der Waals surface area contributed by atoms with Gasteiger partial charge in [0.05, 0.1) is 11.7 Å². The van der Waals surface area contributed by atoms with Crippen molar-refractivity contribution in [1.29, 1.82) is 0 Å². The van der Waals surface area contributed by atoms with E-state index in [1.54, 1.807) is 4.90 Å². The first-order valence-corrected chi connectivity index (χ1v) is 23.7. The van der Waals surface area contributed by atoms with Crippen LogP contribution in [-0.2, 0) is 27.3 Å². The van der Waals surface area contributed by atoms with E-state index >= 15 is 0 Å². The first-order valence-electron chi connectivity index (χ1n) is 23.7. The molecule has 0 spiro atoms. The number of fused-ring (bicyclic) bond motifs is 5. The standard InChI is InChI=1S/C52H58N6O6/c59-41-15-17-43-37(26-41)12-16-42(34-4-2-1-3-5-34)49(43)35-10-13-39(14-11-35)55-22-20-54(21-23-55)29-33-6-8-36(9-7-33)51(62)56-24-25-57-40(31-56)32-64-47-28-44-38(27-46(47)57)30-58(52(44)63)45-18-19-48(60)53-50(45)61/h1-5,10-11,13-15,17,26-28,33,36,40,42,45,49,59H,6-9,12,16,18-25,29-32H2,(H,53,60,61)/t33?,36?,40-,42+,45?,49-/m0/s1. The summed E-state index contributed by atoms with van der Waals surface area (Å²) in [6.07, 6.45) is 6.65. The molecule has 1 unspecified atom stereocenters. The molecular weight excluding hydrogens is 805 g/mol. The topological polar surface area (TPSA) is 126 Å². The highest BCUT2D eigenvalue weighted by molar-refractivity contribution is 6.06. The van der Waals surface area contributed by atoms with E-state index in [0.717, 1.165) is 82.5 Å². The molecule has 4 aromatic carbocycles. The molecule has 7 aliphatic rings. The minimum Gasteiger partial charge on any atom is -0.508 e. The molecule has 64 heavy (non-hydrogen) atoms. The van der Waals surface area contributed by atoms with Gasteiger partial charge in [-0.1, -0.05) is 48.5 Å². The van der Waals surface area contributed by atoms with Crippen LogP contribution in [0.3, 0.4) is 0 Å². The van der Waals surface area contributed by atoms with Crippen molar-refractivity contribution in [1.82, 2.24) is 20.0 Å². The molecule has 4 atom stereocenters. The molecule has 3 saturated heterocycles. The zero-order chi connectivity index (χ0) is 43.5. The first kappa shape index (κ1) is 40.9. The average molecular weight is 863 g/mol. The SMILES string of the molecule is O=C1CCC(N2Cc3cc4c(cc3C2=O)OC[C@@H]2CN(C(=O)C3CCC(CN5CCN(c6ccc([C@@H]7c8ccc(O)cc8CC[C@@H]7c7ccccc7)cc6)CC5)CC3)CCN42)C(=O)N1. The van der Waals surface area contributed by atoms with Gasteiger partial charge >= 0.3 is 0 Å². The van der Waals surface area contributed by atoms with Gasteiger partial charge in [0.1, 0.15) is 24.1 Å². The number of carbonyl (C=O) groups is 4. The second-order valence-corrected chi connectivity index (χ2v) is 19.3. The Morgan fingerprint density at radius 1 is 0.750 bits per heavy atom. The van der Waals surface area contributed by atoms with Crippen LogP contribution in [0.2, 0.25) is 0 Å². The number of hydrogen-bond acceptors (Lipinski definition) is 9. The second kappa shape index (κ2) is 16.9. The van der Waals surface area contributed by atoms with Gasteiger partial charge in [-0.3, -0.25) is 29.4 Å². The molecule has 5 aliphatic heterocycles. The number of anilines is 2. The van der Waals surface area contributed by atoms with E-state index < -0.39 is 11.9 Å². The molecule has 12 nitrogen and oxygen atoms in total. The molecule has 2 aliphatic carbocycles. The predicted molar refractivity (Wildman–Crippen MR) is 244 cm³/mol. The highest BCUT2D eigenvalue weighted by Crippen LogP contribution is 2.47. The smallest absolute Gasteiger partial charge is 0.255 e. The van der Waals surface area contributed by atoms with Crippen molar-refractivity contribution in [3.05, 3.63) is 118 Å². The Labute approximate surface area is 375 Å². The third kappa shape index (κ3) is 7.67. The molecule has 4 amide bonds. The van der Waals surface area contributed by atoms with E-state index in [1.807, 2.05) is 24.3 Å². The third-order valence-electron chi connectivity index (χ3n) is 15.7. The zero-order valence-electron chi connectivity index (χ0n) is 36.5. The number of carbonyl (C=O) groups excluding carboxylic acids is 4. The molecule has 0 bridgehead atoms. The Balaban J connectivity index is 0.654. The summed E-state index contributed by atoms with van der Waals surface area (Å²) in [5.41, 5.74) is 8.94. The lowest BCUT2D eigenvalue weighted by molar-refractivity contribution is -0.138. The van der Waals surface area contributed by atoms with Crippen molar-refractivity contribution < 1.29 is 29.0 Å². The number of benzene rings is 4. The molecule has 0 aromatic heterocycles. The Morgan fingerprint density at radius 2 is 1.55 bits per heavy atom. The van der Waals surface area contributed by atoms with Crippen LogP contribution in [0.5, 0.6) is 11.5 Å². The van der Waals surface area contributed by atoms with Crippen LogP contribution >= 0.6 is 0 Å². The maximum atomic E-state index is 14.0. The molecule has 4 aromatic rings. The van der Waals surface area contributed by atoms with Crippen molar-refractivity contribution in [2.75, 3.05) is 68.8 Å². The molecule has 12 heteroatoms. The number of imide groups is 1. The van der Waals surface area contributed by atoms with Gasteiger partial charge in [-0.2, -0.15) is 0 Å². The summed E-state index contributed by atoms with van der Waals surface area (Å²) in [4.78, 5) is 62.8. The van der Waals surface area contributed by atoms with Crippen LogP contribution in [-0.4, -0.2) is 114 Å². The molecular formula is C52H58N6O6. The van der Waals surface area contributed by atoms with Gasteiger partial charge in [-0.15, -0.1) is 0 Å². The number of aromatic hydroxyl groups is 1. The molecule has 332 valence electrons. The number of phenols is 1. The Kier molecular flexibility index (Phi) is 10.8. The number of rotatable bonds is 7. The van der Waals surface area contributed by atoms with E-state index in [2.05, 4.69) is 85.6 Å². The Bertz CT molecular complexity index is 2440. The maximum absolute atomic E-state index is 14.0. The molecule has 0 radical (unpaired) electrons. The normalized spacial score (nSPS) is 27.0. The van der Waals surface area contributed by atoms with Gasteiger partial charge < -0.3 is 29.4 Å². The van der Waals surface area contributed by atoms with Gasteiger partial charge in [0.15, 0.2) is 0 Å².